The van der Waals surface area contributed by atoms with Crippen molar-refractivity contribution in [1.82, 2.24) is 5.32 Å². The second-order valence-corrected chi connectivity index (χ2v) is 4.69. The Hall–Kier alpha value is -2.93. The number of nitriles is 1. The van der Waals surface area contributed by atoms with E-state index in [0.29, 0.717) is 11.1 Å². The monoisotopic (exact) mass is 278 g/mol. The molecule has 2 aromatic carbocycles. The Bertz CT molecular complexity index is 712. The van der Waals surface area contributed by atoms with Crippen LogP contribution >= 0.6 is 0 Å². The number of carbonyl (C=O) groups excluding carboxylic acids is 2. The molecule has 0 saturated heterocycles. The van der Waals surface area contributed by atoms with Crippen LogP contribution < -0.4 is 5.32 Å². The summed E-state index contributed by atoms with van der Waals surface area (Å²) in [6.45, 7) is 2.13. The van der Waals surface area contributed by atoms with Crippen molar-refractivity contribution < 1.29 is 9.59 Å². The van der Waals surface area contributed by atoms with Crippen LogP contribution in [-0.4, -0.2) is 11.7 Å². The maximum absolute atomic E-state index is 11.9. The summed E-state index contributed by atoms with van der Waals surface area (Å²) in [4.78, 5) is 23.8. The Morgan fingerprint density at radius 2 is 1.86 bits per heavy atom. The molecule has 0 aromatic heterocycles. The first kappa shape index (κ1) is 14.5. The van der Waals surface area contributed by atoms with Crippen LogP contribution in [0.4, 0.5) is 0 Å². The zero-order valence-electron chi connectivity index (χ0n) is 11.6. The van der Waals surface area contributed by atoms with Gasteiger partial charge in [-0.3, -0.25) is 9.59 Å². The molecule has 0 atom stereocenters. The number of aryl methyl sites for hydroxylation is 1. The highest BCUT2D eigenvalue weighted by Crippen LogP contribution is 2.06. The maximum Gasteiger partial charge on any atom is 0.292 e. The third-order valence-electron chi connectivity index (χ3n) is 3.03. The predicted molar refractivity (Wildman–Crippen MR) is 78.5 cm³/mol. The summed E-state index contributed by atoms with van der Waals surface area (Å²) in [7, 11) is 0. The number of nitrogens with one attached hydrogen (secondary N) is 1. The van der Waals surface area contributed by atoms with E-state index in [4.69, 9.17) is 5.26 Å². The Morgan fingerprint density at radius 1 is 1.14 bits per heavy atom. The Labute approximate surface area is 123 Å². The number of carbonyl (C=O) groups is 2. The Kier molecular flexibility index (Phi) is 4.47. The fraction of sp³-hybridized carbons (Fsp3) is 0.118. The molecule has 2 rings (SSSR count). The Morgan fingerprint density at radius 3 is 2.52 bits per heavy atom. The SMILES string of the molecule is Cc1ccc(C(=O)C(=O)NCc2cccc(C#N)c2)cc1. The minimum atomic E-state index is -0.652. The molecule has 0 aliphatic rings. The van der Waals surface area contributed by atoms with Crippen LogP contribution in [-0.2, 0) is 11.3 Å². The van der Waals surface area contributed by atoms with Gasteiger partial charge in [0.15, 0.2) is 0 Å². The van der Waals surface area contributed by atoms with Gasteiger partial charge in [-0.25, -0.2) is 0 Å². The van der Waals surface area contributed by atoms with Crippen molar-refractivity contribution in [2.24, 2.45) is 0 Å². The van der Waals surface area contributed by atoms with Gasteiger partial charge in [-0.2, -0.15) is 5.26 Å². The van der Waals surface area contributed by atoms with Gasteiger partial charge in [-0.15, -0.1) is 0 Å². The summed E-state index contributed by atoms with van der Waals surface area (Å²) >= 11 is 0. The van der Waals surface area contributed by atoms with Crippen LogP contribution in [0.1, 0.15) is 27.0 Å². The lowest BCUT2D eigenvalue weighted by Crippen LogP contribution is -2.30. The summed E-state index contributed by atoms with van der Waals surface area (Å²) in [6.07, 6.45) is 0. The third kappa shape index (κ3) is 3.77. The van der Waals surface area contributed by atoms with Crippen LogP contribution in [0.3, 0.4) is 0 Å². The number of rotatable bonds is 4. The van der Waals surface area contributed by atoms with Gasteiger partial charge in [0.05, 0.1) is 11.6 Å². The number of nitrogens with zero attached hydrogens (tertiary/aromatic N) is 1. The van der Waals surface area contributed by atoms with E-state index in [1.807, 2.05) is 13.0 Å². The molecule has 0 radical (unpaired) electrons. The average Bonchev–Trinajstić information content (AvgIpc) is 2.53. The predicted octanol–water partition coefficient (Wildman–Crippen LogP) is 2.37. The second kappa shape index (κ2) is 6.49. The van der Waals surface area contributed by atoms with Crippen molar-refractivity contribution in [2.45, 2.75) is 13.5 Å². The first-order valence-electron chi connectivity index (χ1n) is 6.48. The van der Waals surface area contributed by atoms with Crippen molar-refractivity contribution in [3.05, 3.63) is 70.8 Å². The minimum absolute atomic E-state index is 0.214. The summed E-state index contributed by atoms with van der Waals surface area (Å²) in [5.41, 5.74) is 2.69. The molecule has 0 heterocycles. The zero-order valence-corrected chi connectivity index (χ0v) is 11.6. The molecule has 4 nitrogen and oxygen atoms in total. The minimum Gasteiger partial charge on any atom is -0.345 e. The average molecular weight is 278 g/mol. The fourth-order valence-electron chi connectivity index (χ4n) is 1.85. The zero-order chi connectivity index (χ0) is 15.2. The topological polar surface area (TPSA) is 70.0 Å². The van der Waals surface area contributed by atoms with Gasteiger partial charge in [0, 0.05) is 12.1 Å². The Balaban J connectivity index is 1.99. The molecule has 0 aliphatic heterocycles. The van der Waals surface area contributed by atoms with Gasteiger partial charge >= 0.3 is 0 Å². The van der Waals surface area contributed by atoms with Gasteiger partial charge in [0.2, 0.25) is 5.78 Å². The molecule has 0 aliphatic carbocycles. The van der Waals surface area contributed by atoms with Crippen molar-refractivity contribution in [3.8, 4) is 6.07 Å². The van der Waals surface area contributed by atoms with Gasteiger partial charge in [0.1, 0.15) is 0 Å². The molecular weight excluding hydrogens is 264 g/mol. The van der Waals surface area contributed by atoms with Gasteiger partial charge in [0.25, 0.3) is 5.91 Å². The van der Waals surface area contributed by atoms with Crippen molar-refractivity contribution in [2.75, 3.05) is 0 Å². The van der Waals surface area contributed by atoms with E-state index >= 15 is 0 Å². The quantitative estimate of drug-likeness (QED) is 0.689. The van der Waals surface area contributed by atoms with E-state index in [-0.39, 0.29) is 6.54 Å². The molecule has 0 bridgehead atoms. The second-order valence-electron chi connectivity index (χ2n) is 4.69. The van der Waals surface area contributed by atoms with Crippen LogP contribution in [0.5, 0.6) is 0 Å². The largest absolute Gasteiger partial charge is 0.345 e. The molecule has 0 spiro atoms. The van der Waals surface area contributed by atoms with E-state index in [9.17, 15) is 9.59 Å². The number of hydrogen-bond donors (Lipinski definition) is 1. The summed E-state index contributed by atoms with van der Waals surface area (Å²) in [5.74, 6) is -1.22. The van der Waals surface area contributed by atoms with E-state index in [1.54, 1.807) is 48.5 Å². The van der Waals surface area contributed by atoms with E-state index in [2.05, 4.69) is 5.32 Å². The number of amides is 1. The van der Waals surface area contributed by atoms with Crippen LogP contribution in [0.15, 0.2) is 48.5 Å². The van der Waals surface area contributed by atoms with Gasteiger partial charge in [-0.1, -0.05) is 42.0 Å². The normalized spacial score (nSPS) is 9.71. The lowest BCUT2D eigenvalue weighted by atomic mass is 10.1. The highest BCUT2D eigenvalue weighted by Gasteiger charge is 2.15. The van der Waals surface area contributed by atoms with E-state index in [0.717, 1.165) is 11.1 Å². The molecule has 2 aromatic rings. The number of benzene rings is 2. The molecule has 1 amide bonds. The number of hydrogen-bond acceptors (Lipinski definition) is 3. The number of Topliss-reactive ketones (excluding diaryl/α,β-unsaturated/α-hetero) is 1. The maximum atomic E-state index is 11.9. The molecule has 104 valence electrons. The lowest BCUT2D eigenvalue weighted by Gasteiger charge is -2.05. The summed E-state index contributed by atoms with van der Waals surface area (Å²) < 4.78 is 0. The van der Waals surface area contributed by atoms with Crippen molar-refractivity contribution in [3.63, 3.8) is 0 Å². The molecule has 1 N–H and O–H groups in total. The van der Waals surface area contributed by atoms with Crippen LogP contribution in [0.2, 0.25) is 0 Å². The molecule has 0 unspecified atom stereocenters. The molecule has 0 fully saturated rings. The first-order chi connectivity index (χ1) is 10.1. The highest BCUT2D eigenvalue weighted by molar-refractivity contribution is 6.42. The fourth-order valence-corrected chi connectivity index (χ4v) is 1.85. The lowest BCUT2D eigenvalue weighted by molar-refractivity contribution is -0.117. The summed E-state index contributed by atoms with van der Waals surface area (Å²) in [5, 5.41) is 11.4. The molecular formula is C17H14N2O2. The molecule has 0 saturated carbocycles. The van der Waals surface area contributed by atoms with E-state index in [1.165, 1.54) is 0 Å². The van der Waals surface area contributed by atoms with Crippen molar-refractivity contribution >= 4 is 11.7 Å². The number of ketones is 1. The molecule has 21 heavy (non-hydrogen) atoms. The third-order valence-corrected chi connectivity index (χ3v) is 3.03. The smallest absolute Gasteiger partial charge is 0.292 e. The first-order valence-corrected chi connectivity index (χ1v) is 6.48. The van der Waals surface area contributed by atoms with Crippen LogP contribution in [0.25, 0.3) is 0 Å². The van der Waals surface area contributed by atoms with Gasteiger partial charge in [-0.05, 0) is 24.6 Å². The van der Waals surface area contributed by atoms with Crippen molar-refractivity contribution in [1.29, 1.82) is 5.26 Å². The standard InChI is InChI=1S/C17H14N2O2/c1-12-5-7-15(8-6-12)16(20)17(21)19-11-14-4-2-3-13(9-14)10-18/h2-9H,11H2,1H3,(H,19,21). The van der Waals surface area contributed by atoms with E-state index < -0.39 is 11.7 Å². The summed E-state index contributed by atoms with van der Waals surface area (Å²) in [6, 6.07) is 15.8. The van der Waals surface area contributed by atoms with Crippen LogP contribution in [0, 0.1) is 18.3 Å². The van der Waals surface area contributed by atoms with Gasteiger partial charge < -0.3 is 5.32 Å². The molecule has 4 heteroatoms. The highest BCUT2D eigenvalue weighted by atomic mass is 16.2.